The van der Waals surface area contributed by atoms with E-state index in [-0.39, 0.29) is 5.78 Å². The van der Waals surface area contributed by atoms with E-state index in [1.165, 1.54) is 5.56 Å². The van der Waals surface area contributed by atoms with E-state index < -0.39 is 0 Å². The highest BCUT2D eigenvalue weighted by Gasteiger charge is 2.07. The van der Waals surface area contributed by atoms with Crippen LogP contribution in [0.1, 0.15) is 43.7 Å². The third-order valence-corrected chi connectivity index (χ3v) is 3.10. The van der Waals surface area contributed by atoms with Crippen molar-refractivity contribution in [3.8, 4) is 0 Å². The molecule has 0 saturated carbocycles. The highest BCUT2D eigenvalue weighted by atomic mass is 35.5. The van der Waals surface area contributed by atoms with Crippen LogP contribution < -0.4 is 0 Å². The number of carbonyl (C=O) groups is 1. The van der Waals surface area contributed by atoms with Crippen LogP contribution in [-0.4, -0.2) is 5.78 Å². The van der Waals surface area contributed by atoms with Crippen molar-refractivity contribution >= 4 is 17.4 Å². The van der Waals surface area contributed by atoms with Crippen molar-refractivity contribution in [3.05, 3.63) is 34.3 Å². The Morgan fingerprint density at radius 2 is 2.13 bits per heavy atom. The molecule has 0 aliphatic carbocycles. The van der Waals surface area contributed by atoms with Crippen LogP contribution in [0.25, 0.3) is 0 Å². The Balaban J connectivity index is 2.69. The minimum atomic E-state index is 0.257. The summed E-state index contributed by atoms with van der Waals surface area (Å²) in [5.74, 6) is 0.678. The fourth-order valence-electron chi connectivity index (χ4n) is 1.56. The Bertz CT molecular complexity index is 358. The summed E-state index contributed by atoms with van der Waals surface area (Å²) < 4.78 is 0. The molecular weight excluding hydrogens is 208 g/mol. The fraction of sp³-hybridized carbons (Fsp3) is 0.462. The molecule has 0 heterocycles. The number of benzene rings is 1. The second kappa shape index (κ2) is 5.32. The van der Waals surface area contributed by atoms with E-state index in [0.717, 1.165) is 17.0 Å². The van der Waals surface area contributed by atoms with Gasteiger partial charge in [-0.3, -0.25) is 0 Å². The van der Waals surface area contributed by atoms with Gasteiger partial charge >= 0.3 is 0 Å². The SMILES string of the molecule is CC(=O)CCC(C)c1ccc(Cl)c(C)c1. The zero-order chi connectivity index (χ0) is 11.4. The number of hydrogen-bond donors (Lipinski definition) is 0. The van der Waals surface area contributed by atoms with Gasteiger partial charge < -0.3 is 4.79 Å². The first kappa shape index (κ1) is 12.3. The van der Waals surface area contributed by atoms with Gasteiger partial charge in [-0.05, 0) is 43.4 Å². The second-order valence-corrected chi connectivity index (χ2v) is 4.56. The molecule has 1 nitrogen and oxygen atoms in total. The molecule has 0 saturated heterocycles. The zero-order valence-corrected chi connectivity index (χ0v) is 10.3. The quantitative estimate of drug-likeness (QED) is 0.752. The molecule has 0 aliphatic heterocycles. The van der Waals surface area contributed by atoms with Crippen LogP contribution in [0.5, 0.6) is 0 Å². The molecule has 82 valence electrons. The third-order valence-electron chi connectivity index (χ3n) is 2.68. The topological polar surface area (TPSA) is 17.1 Å². The Labute approximate surface area is 96.5 Å². The van der Waals surface area contributed by atoms with Gasteiger partial charge in [-0.2, -0.15) is 0 Å². The van der Waals surface area contributed by atoms with Gasteiger partial charge in [-0.1, -0.05) is 30.7 Å². The average Bonchev–Trinajstić information content (AvgIpc) is 2.18. The Kier molecular flexibility index (Phi) is 4.34. The first-order chi connectivity index (χ1) is 7.00. The first-order valence-corrected chi connectivity index (χ1v) is 5.64. The lowest BCUT2D eigenvalue weighted by Crippen LogP contribution is -1.98. The summed E-state index contributed by atoms with van der Waals surface area (Å²) in [5.41, 5.74) is 2.36. The fourth-order valence-corrected chi connectivity index (χ4v) is 1.68. The molecule has 0 N–H and O–H groups in total. The van der Waals surface area contributed by atoms with Gasteiger partial charge in [-0.15, -0.1) is 0 Å². The lowest BCUT2D eigenvalue weighted by molar-refractivity contribution is -0.117. The minimum absolute atomic E-state index is 0.257. The van der Waals surface area contributed by atoms with E-state index in [1.54, 1.807) is 6.92 Å². The highest BCUT2D eigenvalue weighted by molar-refractivity contribution is 6.31. The van der Waals surface area contributed by atoms with Gasteiger partial charge in [-0.25, -0.2) is 0 Å². The summed E-state index contributed by atoms with van der Waals surface area (Å²) in [4.78, 5) is 10.9. The number of ketones is 1. The van der Waals surface area contributed by atoms with E-state index in [9.17, 15) is 4.79 Å². The monoisotopic (exact) mass is 224 g/mol. The largest absolute Gasteiger partial charge is 0.300 e. The molecule has 0 bridgehead atoms. The molecule has 0 spiro atoms. The third kappa shape index (κ3) is 3.67. The van der Waals surface area contributed by atoms with E-state index in [2.05, 4.69) is 13.0 Å². The molecule has 1 atom stereocenters. The van der Waals surface area contributed by atoms with Gasteiger partial charge in [0.1, 0.15) is 5.78 Å². The number of carbonyl (C=O) groups excluding carboxylic acids is 1. The summed E-state index contributed by atoms with van der Waals surface area (Å²) in [7, 11) is 0. The van der Waals surface area contributed by atoms with Crippen LogP contribution in [0, 0.1) is 6.92 Å². The van der Waals surface area contributed by atoms with Crippen molar-refractivity contribution in [2.24, 2.45) is 0 Å². The zero-order valence-electron chi connectivity index (χ0n) is 9.51. The molecule has 0 radical (unpaired) electrons. The number of Topliss-reactive ketones (excluding diaryl/α,β-unsaturated/α-hetero) is 1. The maximum Gasteiger partial charge on any atom is 0.129 e. The van der Waals surface area contributed by atoms with Gasteiger partial charge in [0, 0.05) is 11.4 Å². The second-order valence-electron chi connectivity index (χ2n) is 4.15. The molecule has 0 aliphatic rings. The van der Waals surface area contributed by atoms with Crippen LogP contribution in [0.4, 0.5) is 0 Å². The van der Waals surface area contributed by atoms with Gasteiger partial charge in [0.2, 0.25) is 0 Å². The van der Waals surface area contributed by atoms with Crippen molar-refractivity contribution in [2.75, 3.05) is 0 Å². The molecular formula is C13H17ClO. The van der Waals surface area contributed by atoms with Crippen molar-refractivity contribution < 1.29 is 4.79 Å². The number of rotatable bonds is 4. The summed E-state index contributed by atoms with van der Waals surface area (Å²) >= 11 is 5.96. The number of hydrogen-bond acceptors (Lipinski definition) is 1. The van der Waals surface area contributed by atoms with Crippen molar-refractivity contribution in [3.63, 3.8) is 0 Å². The van der Waals surface area contributed by atoms with Crippen LogP contribution in [0.15, 0.2) is 18.2 Å². The minimum Gasteiger partial charge on any atom is -0.300 e. The molecule has 1 rings (SSSR count). The number of halogens is 1. The van der Waals surface area contributed by atoms with Crippen LogP contribution in [0.3, 0.4) is 0 Å². The van der Waals surface area contributed by atoms with Crippen molar-refractivity contribution in [1.29, 1.82) is 0 Å². The Morgan fingerprint density at radius 3 is 2.67 bits per heavy atom. The molecule has 0 aromatic heterocycles. The summed E-state index contributed by atoms with van der Waals surface area (Å²) in [5, 5.41) is 0.803. The maximum atomic E-state index is 10.9. The molecule has 0 amide bonds. The molecule has 1 aromatic carbocycles. The van der Waals surface area contributed by atoms with Crippen LogP contribution >= 0.6 is 11.6 Å². The van der Waals surface area contributed by atoms with Gasteiger partial charge in [0.05, 0.1) is 0 Å². The average molecular weight is 225 g/mol. The Hall–Kier alpha value is -0.820. The summed E-state index contributed by atoms with van der Waals surface area (Å²) in [6.07, 6.45) is 1.57. The summed E-state index contributed by atoms with van der Waals surface area (Å²) in [6, 6.07) is 6.07. The van der Waals surface area contributed by atoms with Crippen LogP contribution in [-0.2, 0) is 4.79 Å². The van der Waals surface area contributed by atoms with E-state index in [0.29, 0.717) is 12.3 Å². The lowest BCUT2D eigenvalue weighted by atomic mass is 9.94. The van der Waals surface area contributed by atoms with Crippen LogP contribution in [0.2, 0.25) is 5.02 Å². The normalized spacial score (nSPS) is 12.5. The predicted molar refractivity (Wildman–Crippen MR) is 64.5 cm³/mol. The molecule has 2 heteroatoms. The molecule has 0 fully saturated rings. The first-order valence-electron chi connectivity index (χ1n) is 5.26. The van der Waals surface area contributed by atoms with Crippen molar-refractivity contribution in [1.82, 2.24) is 0 Å². The van der Waals surface area contributed by atoms with E-state index >= 15 is 0 Å². The smallest absolute Gasteiger partial charge is 0.129 e. The van der Waals surface area contributed by atoms with Gasteiger partial charge in [0.25, 0.3) is 0 Å². The molecule has 15 heavy (non-hydrogen) atoms. The Morgan fingerprint density at radius 1 is 1.47 bits per heavy atom. The van der Waals surface area contributed by atoms with E-state index in [1.807, 2.05) is 19.1 Å². The summed E-state index contributed by atoms with van der Waals surface area (Å²) in [6.45, 7) is 5.79. The molecule has 1 aromatic rings. The number of aryl methyl sites for hydroxylation is 1. The van der Waals surface area contributed by atoms with E-state index in [4.69, 9.17) is 11.6 Å². The predicted octanol–water partition coefficient (Wildman–Crippen LogP) is 4.12. The molecule has 1 unspecified atom stereocenters. The highest BCUT2D eigenvalue weighted by Crippen LogP contribution is 2.24. The standard InChI is InChI=1S/C13H17ClO/c1-9(4-5-11(3)15)12-6-7-13(14)10(2)8-12/h6-9H,4-5H2,1-3H3. The maximum absolute atomic E-state index is 10.9. The van der Waals surface area contributed by atoms with Crippen molar-refractivity contribution in [2.45, 2.75) is 39.5 Å². The van der Waals surface area contributed by atoms with Gasteiger partial charge in [0.15, 0.2) is 0 Å². The lowest BCUT2D eigenvalue weighted by Gasteiger charge is -2.12.